The minimum atomic E-state index is -0.994. The molecule has 3 aromatic rings. The van der Waals surface area contributed by atoms with Crippen LogP contribution in [0.2, 0.25) is 5.02 Å². The number of fused-ring (bicyclic) bond motifs is 4. The van der Waals surface area contributed by atoms with Crippen molar-refractivity contribution in [3.05, 3.63) is 110 Å². The van der Waals surface area contributed by atoms with Gasteiger partial charge < -0.3 is 19.5 Å². The Morgan fingerprint density at radius 1 is 1.16 bits per heavy atom. The molecule has 2 amide bonds. The fourth-order valence-corrected chi connectivity index (χ4v) is 4.90. The Bertz CT molecular complexity index is 1510. The van der Waals surface area contributed by atoms with Gasteiger partial charge in [-0.2, -0.15) is 0 Å². The summed E-state index contributed by atoms with van der Waals surface area (Å²) in [6.07, 6.45) is 5.85. The number of carbonyl (C=O) groups excluding carboxylic acids is 2. The number of pyridine rings is 1. The second kappa shape index (κ2) is 10.4. The molecule has 0 spiro atoms. The smallest absolute Gasteiger partial charge is 0.275 e. The van der Waals surface area contributed by atoms with E-state index in [2.05, 4.69) is 5.32 Å². The van der Waals surface area contributed by atoms with Crippen molar-refractivity contribution in [3.63, 3.8) is 0 Å². The first-order valence-electron chi connectivity index (χ1n) is 12.1. The maximum absolute atomic E-state index is 14.3. The lowest BCUT2D eigenvalue weighted by molar-refractivity contribution is 0.0626. The van der Waals surface area contributed by atoms with Crippen LogP contribution in [-0.2, 0) is 13.2 Å². The topological polar surface area (TPSA) is 80.6 Å². The van der Waals surface area contributed by atoms with E-state index in [1.165, 1.54) is 6.20 Å². The molecule has 7 nitrogen and oxygen atoms in total. The zero-order valence-electron chi connectivity index (χ0n) is 20.4. The number of ether oxygens (including phenoxy) is 1. The molecule has 0 radical (unpaired) electrons. The van der Waals surface area contributed by atoms with E-state index in [4.69, 9.17) is 16.3 Å². The van der Waals surface area contributed by atoms with Crippen molar-refractivity contribution in [2.75, 3.05) is 6.54 Å². The highest BCUT2D eigenvalue weighted by atomic mass is 35.5. The van der Waals surface area contributed by atoms with Gasteiger partial charge in [0.2, 0.25) is 5.43 Å². The van der Waals surface area contributed by atoms with Gasteiger partial charge in [0.1, 0.15) is 28.8 Å². The molecular formula is C28H24ClF2N3O4. The van der Waals surface area contributed by atoms with Crippen molar-refractivity contribution in [1.29, 1.82) is 0 Å². The van der Waals surface area contributed by atoms with E-state index in [9.17, 15) is 23.2 Å². The fourth-order valence-electron chi connectivity index (χ4n) is 4.71. The van der Waals surface area contributed by atoms with E-state index in [-0.39, 0.29) is 53.7 Å². The standard InChI is InChI=1S/C28H24ClF2N3O4/c1-16-6-5-9-19-13-33(16)28(37)24-26(38-15-17-7-3-2-4-8-17)25(35)20(14-34(19)24)27(36)32-12-18-10-11-21(30)22(29)23(18)31/h2-8,10-11,14,16,19H,9,12-13,15H2,1H3,(H,32,36)/t16-,19-/m0/s1. The van der Waals surface area contributed by atoms with Gasteiger partial charge in [0.15, 0.2) is 11.4 Å². The number of nitrogens with zero attached hydrogens (tertiary/aromatic N) is 2. The number of amides is 2. The second-order valence-electron chi connectivity index (χ2n) is 9.26. The van der Waals surface area contributed by atoms with Gasteiger partial charge in [0.05, 0.1) is 6.04 Å². The molecule has 2 bridgehead atoms. The van der Waals surface area contributed by atoms with Gasteiger partial charge in [-0.1, -0.05) is 60.2 Å². The molecule has 0 saturated carbocycles. The van der Waals surface area contributed by atoms with Crippen molar-refractivity contribution in [1.82, 2.24) is 14.8 Å². The first kappa shape index (κ1) is 25.7. The first-order chi connectivity index (χ1) is 18.3. The van der Waals surface area contributed by atoms with E-state index < -0.39 is 28.0 Å². The van der Waals surface area contributed by atoms with Crippen LogP contribution in [0.1, 0.15) is 51.4 Å². The summed E-state index contributed by atoms with van der Waals surface area (Å²) < 4.78 is 35.4. The highest BCUT2D eigenvalue weighted by Gasteiger charge is 2.38. The summed E-state index contributed by atoms with van der Waals surface area (Å²) in [5.74, 6) is -3.28. The summed E-state index contributed by atoms with van der Waals surface area (Å²) in [5.41, 5.74) is -0.188. The predicted octanol–water partition coefficient (Wildman–Crippen LogP) is 4.63. The van der Waals surface area contributed by atoms with Crippen molar-refractivity contribution in [3.8, 4) is 5.75 Å². The van der Waals surface area contributed by atoms with Crippen LogP contribution in [0.3, 0.4) is 0 Å². The molecule has 2 atom stereocenters. The molecule has 0 fully saturated rings. The van der Waals surface area contributed by atoms with E-state index in [1.807, 2.05) is 49.4 Å². The molecule has 196 valence electrons. The molecule has 0 aliphatic carbocycles. The fraction of sp³-hybridized carbons (Fsp3) is 0.250. The van der Waals surface area contributed by atoms with Crippen molar-refractivity contribution >= 4 is 23.4 Å². The van der Waals surface area contributed by atoms with E-state index in [0.717, 1.165) is 17.7 Å². The summed E-state index contributed by atoms with van der Waals surface area (Å²) in [5, 5.41) is 1.82. The van der Waals surface area contributed by atoms with Gasteiger partial charge in [-0.15, -0.1) is 0 Å². The molecule has 3 heterocycles. The number of benzene rings is 2. The summed E-state index contributed by atoms with van der Waals surface area (Å²) in [7, 11) is 0. The first-order valence-corrected chi connectivity index (χ1v) is 12.5. The quantitative estimate of drug-likeness (QED) is 0.366. The minimum absolute atomic E-state index is 0.0131. The Labute approximate surface area is 222 Å². The molecule has 5 rings (SSSR count). The number of allylic oxidation sites excluding steroid dienone is 1. The lowest BCUT2D eigenvalue weighted by Gasteiger charge is -2.37. The van der Waals surface area contributed by atoms with Crippen molar-refractivity contribution in [2.45, 2.75) is 38.6 Å². The molecule has 2 aromatic carbocycles. The lowest BCUT2D eigenvalue weighted by atomic mass is 10.1. The molecule has 10 heteroatoms. The number of halogens is 3. The molecular weight excluding hydrogens is 516 g/mol. The van der Waals surface area contributed by atoms with Crippen LogP contribution < -0.4 is 15.5 Å². The lowest BCUT2D eigenvalue weighted by Crippen LogP contribution is -2.47. The third-order valence-electron chi connectivity index (χ3n) is 6.80. The molecule has 2 aliphatic heterocycles. The molecule has 0 saturated heterocycles. The third-order valence-corrected chi connectivity index (χ3v) is 7.14. The number of hydrogen-bond donors (Lipinski definition) is 1. The van der Waals surface area contributed by atoms with Crippen LogP contribution in [0.15, 0.2) is 65.6 Å². The summed E-state index contributed by atoms with van der Waals surface area (Å²) >= 11 is 5.64. The maximum Gasteiger partial charge on any atom is 0.275 e. The van der Waals surface area contributed by atoms with Crippen LogP contribution in [-0.4, -0.2) is 33.9 Å². The maximum atomic E-state index is 14.3. The Balaban J connectivity index is 1.53. The largest absolute Gasteiger partial charge is 0.483 e. The van der Waals surface area contributed by atoms with Crippen LogP contribution in [0.5, 0.6) is 5.75 Å². The Morgan fingerprint density at radius 2 is 1.92 bits per heavy atom. The molecule has 1 N–H and O–H groups in total. The van der Waals surface area contributed by atoms with Crippen LogP contribution >= 0.6 is 11.6 Å². The van der Waals surface area contributed by atoms with Gasteiger partial charge >= 0.3 is 0 Å². The number of carbonyl (C=O) groups is 2. The van der Waals surface area contributed by atoms with E-state index in [0.29, 0.717) is 13.0 Å². The van der Waals surface area contributed by atoms with E-state index >= 15 is 0 Å². The van der Waals surface area contributed by atoms with Gasteiger partial charge in [-0.25, -0.2) is 8.78 Å². The van der Waals surface area contributed by atoms with Crippen LogP contribution in [0.25, 0.3) is 0 Å². The minimum Gasteiger partial charge on any atom is -0.483 e. The summed E-state index contributed by atoms with van der Waals surface area (Å²) in [6, 6.07) is 10.9. The van der Waals surface area contributed by atoms with E-state index in [1.54, 1.807) is 9.47 Å². The summed E-state index contributed by atoms with van der Waals surface area (Å²) in [4.78, 5) is 42.0. The van der Waals surface area contributed by atoms with Crippen LogP contribution in [0, 0.1) is 11.6 Å². The zero-order chi connectivity index (χ0) is 27.0. The highest BCUT2D eigenvalue weighted by Crippen LogP contribution is 2.32. The Morgan fingerprint density at radius 3 is 2.68 bits per heavy atom. The number of rotatable bonds is 6. The summed E-state index contributed by atoms with van der Waals surface area (Å²) in [6.45, 7) is 1.99. The Hall–Kier alpha value is -3.98. The highest BCUT2D eigenvalue weighted by molar-refractivity contribution is 6.30. The normalized spacial score (nSPS) is 18.1. The molecule has 2 aliphatic rings. The number of hydrogen-bond acceptors (Lipinski definition) is 4. The molecule has 0 unspecified atom stereocenters. The average molecular weight is 540 g/mol. The van der Waals surface area contributed by atoms with Gasteiger partial charge in [0, 0.05) is 30.9 Å². The average Bonchev–Trinajstić information content (AvgIpc) is 3.09. The van der Waals surface area contributed by atoms with Gasteiger partial charge in [0.25, 0.3) is 11.8 Å². The van der Waals surface area contributed by atoms with Crippen molar-refractivity contribution < 1.29 is 23.1 Å². The zero-order valence-corrected chi connectivity index (χ0v) is 21.2. The van der Waals surface area contributed by atoms with Gasteiger partial charge in [-0.05, 0) is 25.0 Å². The van der Waals surface area contributed by atoms with Crippen LogP contribution in [0.4, 0.5) is 8.78 Å². The third kappa shape index (κ3) is 4.69. The number of nitrogens with one attached hydrogen (secondary N) is 1. The molecule has 38 heavy (non-hydrogen) atoms. The van der Waals surface area contributed by atoms with Crippen molar-refractivity contribution in [2.24, 2.45) is 0 Å². The molecule has 1 aromatic heterocycles. The predicted molar refractivity (Wildman–Crippen MR) is 137 cm³/mol. The monoisotopic (exact) mass is 539 g/mol. The van der Waals surface area contributed by atoms with Gasteiger partial charge in [-0.3, -0.25) is 14.4 Å². The second-order valence-corrected chi connectivity index (χ2v) is 9.64. The SMILES string of the molecule is C[C@H]1C=CC[C@H]2CN1C(=O)c1c(OCc3ccccc3)c(=O)c(C(=O)NCc3ccc(F)c(Cl)c3F)cn12. The number of aromatic nitrogens is 1. The Kier molecular flexibility index (Phi) is 7.03.